The van der Waals surface area contributed by atoms with E-state index in [1.165, 1.54) is 11.1 Å². The van der Waals surface area contributed by atoms with Gasteiger partial charge < -0.3 is 4.74 Å². The second kappa shape index (κ2) is 6.83. The third kappa shape index (κ3) is 3.63. The minimum atomic E-state index is -1.65. The van der Waals surface area contributed by atoms with E-state index in [9.17, 15) is 9.18 Å². The zero-order valence-corrected chi connectivity index (χ0v) is 14.4. The van der Waals surface area contributed by atoms with Gasteiger partial charge in [-0.3, -0.25) is 0 Å². The molecular formula is C19H18BrFO2. The van der Waals surface area contributed by atoms with Gasteiger partial charge in [0.2, 0.25) is 6.17 Å². The smallest absolute Gasteiger partial charge is 0.341 e. The average molecular weight is 377 g/mol. The zero-order valence-electron chi connectivity index (χ0n) is 12.8. The quantitative estimate of drug-likeness (QED) is 0.728. The lowest BCUT2D eigenvalue weighted by Crippen LogP contribution is -2.29. The number of benzene rings is 2. The number of esters is 1. The van der Waals surface area contributed by atoms with E-state index in [-0.39, 0.29) is 6.10 Å². The summed E-state index contributed by atoms with van der Waals surface area (Å²) in [4.78, 5) is 12.1. The Bertz CT molecular complexity index is 674. The highest BCUT2D eigenvalue weighted by Crippen LogP contribution is 2.27. The molecule has 0 saturated carbocycles. The molecule has 120 valence electrons. The van der Waals surface area contributed by atoms with Crippen molar-refractivity contribution in [1.82, 2.24) is 0 Å². The molecule has 0 heterocycles. The van der Waals surface area contributed by atoms with E-state index in [1.54, 1.807) is 6.92 Å². The molecule has 0 unspecified atom stereocenters. The molecule has 0 fully saturated rings. The average Bonchev–Trinajstić information content (AvgIpc) is 2.96. The summed E-state index contributed by atoms with van der Waals surface area (Å²) >= 11 is 3.35. The summed E-state index contributed by atoms with van der Waals surface area (Å²) in [6.07, 6.45) is -0.571. The number of carbonyl (C=O) groups is 1. The Balaban J connectivity index is 1.61. The first-order chi connectivity index (χ1) is 11.0. The SMILES string of the molecule is C[C@@H](c1ccc(Br)cc1)[C@H](F)C(=O)OC1Cc2ccccc2C1. The Labute approximate surface area is 143 Å². The third-order valence-electron chi connectivity index (χ3n) is 4.36. The molecule has 2 atom stereocenters. The largest absolute Gasteiger partial charge is 0.460 e. The lowest BCUT2D eigenvalue weighted by molar-refractivity contribution is -0.155. The molecule has 0 amide bonds. The van der Waals surface area contributed by atoms with E-state index in [2.05, 4.69) is 15.9 Å². The molecule has 0 spiro atoms. The molecule has 4 heteroatoms. The maximum absolute atomic E-state index is 14.5. The minimum Gasteiger partial charge on any atom is -0.460 e. The van der Waals surface area contributed by atoms with Crippen LogP contribution in [0.4, 0.5) is 4.39 Å². The molecule has 0 radical (unpaired) electrons. The van der Waals surface area contributed by atoms with E-state index in [4.69, 9.17) is 4.74 Å². The molecule has 0 saturated heterocycles. The monoisotopic (exact) mass is 376 g/mol. The molecule has 0 bridgehead atoms. The van der Waals surface area contributed by atoms with Gasteiger partial charge in [0.05, 0.1) is 0 Å². The van der Waals surface area contributed by atoms with Crippen molar-refractivity contribution < 1.29 is 13.9 Å². The van der Waals surface area contributed by atoms with Crippen molar-refractivity contribution >= 4 is 21.9 Å². The van der Waals surface area contributed by atoms with Crippen molar-refractivity contribution in [2.24, 2.45) is 0 Å². The van der Waals surface area contributed by atoms with Crippen LogP contribution in [0.1, 0.15) is 29.5 Å². The first kappa shape index (κ1) is 16.2. The van der Waals surface area contributed by atoms with E-state index in [0.717, 1.165) is 10.0 Å². The van der Waals surface area contributed by atoms with Gasteiger partial charge in [-0.05, 0) is 28.8 Å². The fourth-order valence-electron chi connectivity index (χ4n) is 2.97. The maximum atomic E-state index is 14.5. The molecule has 0 N–H and O–H groups in total. The summed E-state index contributed by atoms with van der Waals surface area (Å²) in [6.45, 7) is 1.71. The molecule has 2 aromatic carbocycles. The maximum Gasteiger partial charge on any atom is 0.341 e. The van der Waals surface area contributed by atoms with Crippen molar-refractivity contribution in [3.63, 3.8) is 0 Å². The molecule has 23 heavy (non-hydrogen) atoms. The number of halogens is 2. The van der Waals surface area contributed by atoms with E-state index in [0.29, 0.717) is 12.8 Å². The fraction of sp³-hybridized carbons (Fsp3) is 0.316. The Kier molecular flexibility index (Phi) is 4.81. The summed E-state index contributed by atoms with van der Waals surface area (Å²) in [7, 11) is 0. The summed E-state index contributed by atoms with van der Waals surface area (Å²) in [6, 6.07) is 15.3. The third-order valence-corrected chi connectivity index (χ3v) is 4.88. The van der Waals surface area contributed by atoms with Crippen LogP contribution in [0.2, 0.25) is 0 Å². The number of carbonyl (C=O) groups excluding carboxylic acids is 1. The van der Waals surface area contributed by atoms with Gasteiger partial charge in [-0.15, -0.1) is 0 Å². The van der Waals surface area contributed by atoms with Crippen molar-refractivity contribution in [3.05, 3.63) is 69.7 Å². The molecule has 1 aliphatic carbocycles. The van der Waals surface area contributed by atoms with Crippen LogP contribution in [0, 0.1) is 0 Å². The van der Waals surface area contributed by atoms with Crippen LogP contribution in [0.15, 0.2) is 53.0 Å². The predicted octanol–water partition coefficient (Wildman–Crippen LogP) is 4.60. The number of alkyl halides is 1. The lowest BCUT2D eigenvalue weighted by Gasteiger charge is -2.19. The number of hydrogen-bond acceptors (Lipinski definition) is 2. The van der Waals surface area contributed by atoms with Crippen LogP contribution >= 0.6 is 15.9 Å². The Morgan fingerprint density at radius 1 is 1.13 bits per heavy atom. The second-order valence-electron chi connectivity index (χ2n) is 5.98. The first-order valence-electron chi connectivity index (χ1n) is 7.71. The Morgan fingerprint density at radius 3 is 2.26 bits per heavy atom. The topological polar surface area (TPSA) is 26.3 Å². The number of rotatable bonds is 4. The second-order valence-corrected chi connectivity index (χ2v) is 6.89. The van der Waals surface area contributed by atoms with Crippen molar-refractivity contribution in [2.75, 3.05) is 0 Å². The van der Waals surface area contributed by atoms with E-state index >= 15 is 0 Å². The van der Waals surface area contributed by atoms with Crippen LogP contribution in [0.3, 0.4) is 0 Å². The van der Waals surface area contributed by atoms with Gasteiger partial charge in [0.15, 0.2) is 0 Å². The standard InChI is InChI=1S/C19H18BrFO2/c1-12(13-6-8-16(20)9-7-13)18(21)19(22)23-17-10-14-4-2-3-5-15(14)11-17/h2-9,12,17-18H,10-11H2,1H3/t12-,18-/m0/s1. The molecule has 0 aliphatic heterocycles. The van der Waals surface area contributed by atoms with Crippen molar-refractivity contribution in [2.45, 2.75) is 38.0 Å². The van der Waals surface area contributed by atoms with Gasteiger partial charge in [-0.1, -0.05) is 59.3 Å². The summed E-state index contributed by atoms with van der Waals surface area (Å²) < 4.78 is 20.8. The highest BCUT2D eigenvalue weighted by Gasteiger charge is 2.31. The van der Waals surface area contributed by atoms with Gasteiger partial charge in [0, 0.05) is 23.2 Å². The Morgan fingerprint density at radius 2 is 1.70 bits per heavy atom. The van der Waals surface area contributed by atoms with Crippen LogP contribution in [-0.4, -0.2) is 18.2 Å². The highest BCUT2D eigenvalue weighted by atomic mass is 79.9. The van der Waals surface area contributed by atoms with Gasteiger partial charge in [-0.25, -0.2) is 9.18 Å². The number of hydrogen-bond donors (Lipinski definition) is 0. The molecule has 1 aliphatic rings. The normalized spacial score (nSPS) is 16.7. The predicted molar refractivity (Wildman–Crippen MR) is 91.2 cm³/mol. The lowest BCUT2D eigenvalue weighted by atomic mass is 9.96. The first-order valence-corrected chi connectivity index (χ1v) is 8.50. The van der Waals surface area contributed by atoms with Crippen LogP contribution in [0.25, 0.3) is 0 Å². The summed E-state index contributed by atoms with van der Waals surface area (Å²) in [5.74, 6) is -1.29. The van der Waals surface area contributed by atoms with Gasteiger partial charge in [0.25, 0.3) is 0 Å². The van der Waals surface area contributed by atoms with Crippen LogP contribution < -0.4 is 0 Å². The molecular weight excluding hydrogens is 359 g/mol. The van der Waals surface area contributed by atoms with Crippen LogP contribution in [-0.2, 0) is 22.4 Å². The van der Waals surface area contributed by atoms with Crippen molar-refractivity contribution in [3.8, 4) is 0 Å². The zero-order chi connectivity index (χ0) is 16.4. The summed E-state index contributed by atoms with van der Waals surface area (Å²) in [5, 5.41) is 0. The minimum absolute atomic E-state index is 0.254. The van der Waals surface area contributed by atoms with Crippen molar-refractivity contribution in [1.29, 1.82) is 0 Å². The van der Waals surface area contributed by atoms with Gasteiger partial charge in [0.1, 0.15) is 6.10 Å². The van der Waals surface area contributed by atoms with Gasteiger partial charge in [-0.2, -0.15) is 0 Å². The fourth-order valence-corrected chi connectivity index (χ4v) is 3.23. The molecule has 3 rings (SSSR count). The van der Waals surface area contributed by atoms with Gasteiger partial charge >= 0.3 is 5.97 Å². The number of fused-ring (bicyclic) bond motifs is 1. The highest BCUT2D eigenvalue weighted by molar-refractivity contribution is 9.10. The molecule has 2 nitrogen and oxygen atoms in total. The number of ether oxygens (including phenoxy) is 1. The Hall–Kier alpha value is -1.68. The van der Waals surface area contributed by atoms with E-state index in [1.807, 2.05) is 48.5 Å². The summed E-state index contributed by atoms with van der Waals surface area (Å²) in [5.41, 5.74) is 3.15. The van der Waals surface area contributed by atoms with E-state index < -0.39 is 18.1 Å². The van der Waals surface area contributed by atoms with Crippen LogP contribution in [0.5, 0.6) is 0 Å². The molecule has 0 aromatic heterocycles. The molecule has 2 aromatic rings.